The molecule has 0 aliphatic heterocycles. The third-order valence-electron chi connectivity index (χ3n) is 2.28. The Hall–Kier alpha value is 0.310. The molecule has 0 heterocycles. The third-order valence-corrected chi connectivity index (χ3v) is 3.30. The molecule has 1 fully saturated rings. The quantitative estimate of drug-likeness (QED) is 0.582. The second-order valence-electron chi connectivity index (χ2n) is 2.85. The van der Waals surface area contributed by atoms with E-state index in [1.807, 2.05) is 11.9 Å². The van der Waals surface area contributed by atoms with Gasteiger partial charge in [0.1, 0.15) is 0 Å². The minimum absolute atomic E-state index is 0.889. The van der Waals surface area contributed by atoms with E-state index in [0.717, 1.165) is 6.04 Å². The standard InChI is InChI=1S/C8H17NS/c1-3-9(10-2)8-6-4-5-7-8/h8H,3-7H2,1-2H3. The first kappa shape index (κ1) is 8.41. The van der Waals surface area contributed by atoms with Crippen molar-refractivity contribution < 1.29 is 0 Å². The van der Waals surface area contributed by atoms with E-state index in [9.17, 15) is 0 Å². The molecule has 0 radical (unpaired) electrons. The van der Waals surface area contributed by atoms with E-state index in [4.69, 9.17) is 0 Å². The van der Waals surface area contributed by atoms with Crippen LogP contribution < -0.4 is 0 Å². The molecule has 0 unspecified atom stereocenters. The molecule has 0 aromatic carbocycles. The van der Waals surface area contributed by atoms with Crippen molar-refractivity contribution in [2.45, 2.75) is 38.6 Å². The summed E-state index contributed by atoms with van der Waals surface area (Å²) >= 11 is 1.90. The predicted octanol–water partition coefficient (Wildman–Crippen LogP) is 2.53. The zero-order valence-electron chi connectivity index (χ0n) is 6.97. The minimum atomic E-state index is 0.889. The molecular weight excluding hydrogens is 142 g/mol. The van der Waals surface area contributed by atoms with Crippen molar-refractivity contribution in [1.82, 2.24) is 4.31 Å². The van der Waals surface area contributed by atoms with Crippen LogP contribution in [0.1, 0.15) is 32.6 Å². The zero-order valence-corrected chi connectivity index (χ0v) is 7.78. The lowest BCUT2D eigenvalue weighted by Crippen LogP contribution is -2.25. The van der Waals surface area contributed by atoms with Gasteiger partial charge in [-0.15, -0.1) is 0 Å². The van der Waals surface area contributed by atoms with Crippen LogP contribution in [0.25, 0.3) is 0 Å². The summed E-state index contributed by atoms with van der Waals surface area (Å²) in [6, 6.07) is 0.889. The normalized spacial score (nSPS) is 20.7. The molecule has 1 aliphatic carbocycles. The average molecular weight is 159 g/mol. The average Bonchev–Trinajstić information content (AvgIpc) is 2.43. The van der Waals surface area contributed by atoms with Gasteiger partial charge in [0.25, 0.3) is 0 Å². The predicted molar refractivity (Wildman–Crippen MR) is 48.2 cm³/mol. The van der Waals surface area contributed by atoms with Crippen LogP contribution in [0.5, 0.6) is 0 Å². The van der Waals surface area contributed by atoms with Gasteiger partial charge in [-0.2, -0.15) is 0 Å². The minimum Gasteiger partial charge on any atom is -0.248 e. The van der Waals surface area contributed by atoms with Crippen LogP contribution in [-0.2, 0) is 0 Å². The zero-order chi connectivity index (χ0) is 7.40. The summed E-state index contributed by atoms with van der Waals surface area (Å²) in [5.74, 6) is 0. The van der Waals surface area contributed by atoms with Gasteiger partial charge in [0.05, 0.1) is 0 Å². The van der Waals surface area contributed by atoms with Crippen molar-refractivity contribution in [1.29, 1.82) is 0 Å². The summed E-state index contributed by atoms with van der Waals surface area (Å²) in [4.78, 5) is 0. The molecule has 0 bridgehead atoms. The number of hydrogen-bond acceptors (Lipinski definition) is 2. The fourth-order valence-corrected chi connectivity index (χ4v) is 2.50. The highest BCUT2D eigenvalue weighted by molar-refractivity contribution is 7.96. The number of rotatable bonds is 3. The summed E-state index contributed by atoms with van der Waals surface area (Å²) in [6.07, 6.45) is 7.93. The molecule has 0 aromatic rings. The van der Waals surface area contributed by atoms with Gasteiger partial charge in [0.15, 0.2) is 0 Å². The molecule has 0 saturated heterocycles. The molecule has 1 nitrogen and oxygen atoms in total. The molecule has 0 amide bonds. The van der Waals surface area contributed by atoms with Crippen molar-refractivity contribution in [3.8, 4) is 0 Å². The van der Waals surface area contributed by atoms with Crippen LogP contribution in [0.4, 0.5) is 0 Å². The van der Waals surface area contributed by atoms with Crippen molar-refractivity contribution in [2.24, 2.45) is 0 Å². The molecule has 10 heavy (non-hydrogen) atoms. The van der Waals surface area contributed by atoms with Crippen LogP contribution in [0.3, 0.4) is 0 Å². The fourth-order valence-electron chi connectivity index (χ4n) is 1.73. The molecule has 1 aliphatic rings. The monoisotopic (exact) mass is 159 g/mol. The van der Waals surface area contributed by atoms with Crippen LogP contribution in [0.15, 0.2) is 0 Å². The van der Waals surface area contributed by atoms with Crippen LogP contribution in [0, 0.1) is 0 Å². The van der Waals surface area contributed by atoms with Crippen molar-refractivity contribution >= 4 is 11.9 Å². The van der Waals surface area contributed by atoms with Gasteiger partial charge in [-0.25, -0.2) is 4.31 Å². The molecule has 60 valence electrons. The topological polar surface area (TPSA) is 3.24 Å². The molecule has 0 aromatic heterocycles. The Kier molecular flexibility index (Phi) is 3.57. The van der Waals surface area contributed by atoms with E-state index in [2.05, 4.69) is 17.5 Å². The Morgan fingerprint density at radius 1 is 1.40 bits per heavy atom. The third kappa shape index (κ3) is 1.89. The molecule has 0 atom stereocenters. The first-order valence-corrected chi connectivity index (χ1v) is 5.37. The first-order chi connectivity index (χ1) is 4.88. The van der Waals surface area contributed by atoms with E-state index >= 15 is 0 Å². The largest absolute Gasteiger partial charge is 0.248 e. The van der Waals surface area contributed by atoms with Crippen LogP contribution in [0.2, 0.25) is 0 Å². The number of nitrogens with zero attached hydrogens (tertiary/aromatic N) is 1. The van der Waals surface area contributed by atoms with E-state index in [1.54, 1.807) is 0 Å². The SMILES string of the molecule is CCN(SC)C1CCCC1. The van der Waals surface area contributed by atoms with E-state index in [1.165, 1.54) is 32.2 Å². The second-order valence-corrected chi connectivity index (χ2v) is 3.69. The van der Waals surface area contributed by atoms with Crippen molar-refractivity contribution in [3.63, 3.8) is 0 Å². The number of hydrogen-bond donors (Lipinski definition) is 0. The summed E-state index contributed by atoms with van der Waals surface area (Å²) in [5, 5.41) is 0. The maximum atomic E-state index is 2.51. The fraction of sp³-hybridized carbons (Fsp3) is 1.00. The van der Waals surface area contributed by atoms with Gasteiger partial charge in [-0.05, 0) is 19.1 Å². The van der Waals surface area contributed by atoms with Gasteiger partial charge in [-0.3, -0.25) is 0 Å². The first-order valence-electron chi connectivity index (χ1n) is 4.19. The summed E-state index contributed by atoms with van der Waals surface area (Å²) in [5.41, 5.74) is 0. The lowest BCUT2D eigenvalue weighted by Gasteiger charge is -2.23. The Bertz CT molecular complexity index is 85.3. The molecule has 1 saturated carbocycles. The maximum absolute atomic E-state index is 2.51. The highest BCUT2D eigenvalue weighted by Gasteiger charge is 2.20. The summed E-state index contributed by atoms with van der Waals surface area (Å²) < 4.78 is 2.51. The maximum Gasteiger partial charge on any atom is 0.0202 e. The van der Waals surface area contributed by atoms with Crippen molar-refractivity contribution in [3.05, 3.63) is 0 Å². The van der Waals surface area contributed by atoms with Gasteiger partial charge < -0.3 is 0 Å². The Balaban J connectivity index is 2.29. The van der Waals surface area contributed by atoms with Crippen LogP contribution >= 0.6 is 11.9 Å². The van der Waals surface area contributed by atoms with Gasteiger partial charge in [-0.1, -0.05) is 31.7 Å². The Morgan fingerprint density at radius 2 is 2.00 bits per heavy atom. The van der Waals surface area contributed by atoms with E-state index in [-0.39, 0.29) is 0 Å². The smallest absolute Gasteiger partial charge is 0.0202 e. The van der Waals surface area contributed by atoms with E-state index in [0.29, 0.717) is 0 Å². The Labute approximate surface area is 68.3 Å². The van der Waals surface area contributed by atoms with Gasteiger partial charge in [0.2, 0.25) is 0 Å². The molecule has 0 N–H and O–H groups in total. The lowest BCUT2D eigenvalue weighted by molar-refractivity contribution is 0.373. The Morgan fingerprint density at radius 3 is 2.40 bits per heavy atom. The molecular formula is C8H17NS. The second kappa shape index (κ2) is 4.24. The summed E-state index contributed by atoms with van der Waals surface area (Å²) in [6.45, 7) is 3.45. The van der Waals surface area contributed by atoms with Crippen LogP contribution in [-0.4, -0.2) is 23.1 Å². The molecule has 2 heteroatoms. The highest BCUT2D eigenvalue weighted by atomic mass is 32.2. The lowest BCUT2D eigenvalue weighted by atomic mass is 10.2. The molecule has 0 spiro atoms. The highest BCUT2D eigenvalue weighted by Crippen LogP contribution is 2.26. The molecule has 1 rings (SSSR count). The van der Waals surface area contributed by atoms with E-state index < -0.39 is 0 Å². The van der Waals surface area contributed by atoms with Crippen molar-refractivity contribution in [2.75, 3.05) is 12.8 Å². The summed E-state index contributed by atoms with van der Waals surface area (Å²) in [7, 11) is 0. The van der Waals surface area contributed by atoms with Gasteiger partial charge >= 0.3 is 0 Å². The van der Waals surface area contributed by atoms with Gasteiger partial charge in [0, 0.05) is 12.6 Å².